The minimum Gasteiger partial charge on any atom is -0.497 e. The van der Waals surface area contributed by atoms with Crippen molar-refractivity contribution in [3.8, 4) is 11.5 Å². The first kappa shape index (κ1) is 28.3. The maximum atomic E-state index is 13.3. The Hall–Kier alpha value is -2.67. The molecule has 10 nitrogen and oxygen atoms in total. The number of hydrogen-bond donors (Lipinski definition) is 1. The van der Waals surface area contributed by atoms with E-state index in [1.807, 2.05) is 0 Å². The molecule has 2 heterocycles. The number of carbonyl (C=O) groups is 1. The molecule has 2 aromatic rings. The monoisotopic (exact) mass is 565 g/mol. The molecule has 0 radical (unpaired) electrons. The Morgan fingerprint density at radius 2 is 1.47 bits per heavy atom. The summed E-state index contributed by atoms with van der Waals surface area (Å²) in [5.41, 5.74) is 0.793. The summed E-state index contributed by atoms with van der Waals surface area (Å²) in [6.07, 6.45) is 3.60. The Labute approximate surface area is 225 Å². The number of methoxy groups -OCH3 is 2. The van der Waals surface area contributed by atoms with Gasteiger partial charge in [-0.15, -0.1) is 0 Å². The fourth-order valence-corrected chi connectivity index (χ4v) is 8.01. The number of benzene rings is 2. The molecule has 1 amide bonds. The largest absolute Gasteiger partial charge is 0.497 e. The summed E-state index contributed by atoms with van der Waals surface area (Å²) in [5.74, 6) is 0.189. The third kappa shape index (κ3) is 6.14. The number of amides is 1. The van der Waals surface area contributed by atoms with Crippen molar-refractivity contribution in [1.82, 2.24) is 13.9 Å². The number of hydrogen-bond acceptors (Lipinski definition) is 7. The van der Waals surface area contributed by atoms with Crippen LogP contribution in [0.3, 0.4) is 0 Å². The molecule has 0 saturated carbocycles. The van der Waals surface area contributed by atoms with Gasteiger partial charge in [0.25, 0.3) is 0 Å². The molecule has 2 aromatic carbocycles. The number of piperidine rings is 2. The fourth-order valence-electron chi connectivity index (χ4n) is 4.85. The number of carbonyl (C=O) groups excluding carboxylic acids is 1. The van der Waals surface area contributed by atoms with Gasteiger partial charge in [0.2, 0.25) is 26.0 Å². The van der Waals surface area contributed by atoms with Gasteiger partial charge in [0.05, 0.1) is 19.1 Å². The van der Waals surface area contributed by atoms with E-state index in [1.54, 1.807) is 36.4 Å². The van der Waals surface area contributed by atoms with Gasteiger partial charge in [0.1, 0.15) is 16.4 Å². The lowest BCUT2D eigenvalue weighted by molar-refractivity contribution is -0.126. The topological polar surface area (TPSA) is 122 Å². The second-order valence-electron chi connectivity index (χ2n) is 9.52. The smallest absolute Gasteiger partial charge is 0.246 e. The van der Waals surface area contributed by atoms with E-state index in [2.05, 4.69) is 5.32 Å². The van der Waals surface area contributed by atoms with Crippen LogP contribution < -0.4 is 14.8 Å². The van der Waals surface area contributed by atoms with Gasteiger partial charge in [-0.3, -0.25) is 4.79 Å². The molecule has 0 spiro atoms. The Kier molecular flexibility index (Phi) is 8.96. The van der Waals surface area contributed by atoms with Crippen molar-refractivity contribution in [3.63, 3.8) is 0 Å². The van der Waals surface area contributed by atoms with Gasteiger partial charge in [-0.25, -0.2) is 16.8 Å². The molecular weight excluding hydrogens is 530 g/mol. The molecule has 2 aliphatic rings. The van der Waals surface area contributed by atoms with Crippen LogP contribution in [-0.4, -0.2) is 71.8 Å². The summed E-state index contributed by atoms with van der Waals surface area (Å²) in [4.78, 5) is 13.1. The maximum Gasteiger partial charge on any atom is 0.246 e. The van der Waals surface area contributed by atoms with E-state index in [-0.39, 0.29) is 47.0 Å². The second kappa shape index (κ2) is 12.0. The van der Waals surface area contributed by atoms with Gasteiger partial charge in [0.15, 0.2) is 0 Å². The second-order valence-corrected chi connectivity index (χ2v) is 13.4. The molecule has 38 heavy (non-hydrogen) atoms. The van der Waals surface area contributed by atoms with E-state index >= 15 is 0 Å². The van der Waals surface area contributed by atoms with Crippen molar-refractivity contribution in [3.05, 3.63) is 48.0 Å². The van der Waals surface area contributed by atoms with E-state index in [9.17, 15) is 21.6 Å². The van der Waals surface area contributed by atoms with Crippen molar-refractivity contribution in [2.24, 2.45) is 5.92 Å². The SMILES string of the molecule is COc1ccc(OC)c(S(=O)(=O)N2CCC(C(=O)NCc3ccc(S(=O)(=O)N4CCCCC4)cc3)CC2)c1. The van der Waals surface area contributed by atoms with Crippen LogP contribution in [0.2, 0.25) is 0 Å². The van der Waals surface area contributed by atoms with E-state index in [0.29, 0.717) is 31.7 Å². The van der Waals surface area contributed by atoms with Gasteiger partial charge < -0.3 is 14.8 Å². The van der Waals surface area contributed by atoms with Crippen molar-refractivity contribution in [2.45, 2.75) is 48.4 Å². The normalized spacial score (nSPS) is 18.2. The molecule has 4 rings (SSSR count). The van der Waals surface area contributed by atoms with Gasteiger partial charge >= 0.3 is 0 Å². The zero-order chi connectivity index (χ0) is 27.3. The van der Waals surface area contributed by atoms with Crippen LogP contribution >= 0.6 is 0 Å². The van der Waals surface area contributed by atoms with Gasteiger partial charge in [-0.1, -0.05) is 18.6 Å². The third-order valence-corrected chi connectivity index (χ3v) is 11.0. The van der Waals surface area contributed by atoms with Gasteiger partial charge in [-0.05, 0) is 55.5 Å². The molecule has 2 aliphatic heterocycles. The highest BCUT2D eigenvalue weighted by molar-refractivity contribution is 7.89. The number of sulfonamides is 2. The van der Waals surface area contributed by atoms with Gasteiger partial charge in [-0.2, -0.15) is 8.61 Å². The number of nitrogens with zero attached hydrogens (tertiary/aromatic N) is 2. The zero-order valence-electron chi connectivity index (χ0n) is 21.8. The highest BCUT2D eigenvalue weighted by Gasteiger charge is 2.34. The molecular formula is C26H35N3O7S2. The van der Waals surface area contributed by atoms with Crippen molar-refractivity contribution < 1.29 is 31.1 Å². The van der Waals surface area contributed by atoms with Crippen molar-refractivity contribution in [2.75, 3.05) is 40.4 Å². The molecule has 12 heteroatoms. The lowest BCUT2D eigenvalue weighted by atomic mass is 9.97. The molecule has 208 valence electrons. The van der Waals surface area contributed by atoms with Crippen LogP contribution in [0.5, 0.6) is 11.5 Å². The number of rotatable bonds is 9. The molecule has 2 saturated heterocycles. The Morgan fingerprint density at radius 1 is 0.842 bits per heavy atom. The average Bonchev–Trinajstić information content (AvgIpc) is 2.96. The first-order valence-electron chi connectivity index (χ1n) is 12.8. The van der Waals surface area contributed by atoms with Crippen molar-refractivity contribution in [1.29, 1.82) is 0 Å². The Balaban J connectivity index is 1.31. The minimum atomic E-state index is -3.82. The van der Waals surface area contributed by atoms with Crippen LogP contribution in [0.1, 0.15) is 37.7 Å². The first-order chi connectivity index (χ1) is 18.2. The maximum absolute atomic E-state index is 13.3. The summed E-state index contributed by atoms with van der Waals surface area (Å²) in [6.45, 7) is 1.79. The van der Waals surface area contributed by atoms with Gasteiger partial charge in [0, 0.05) is 44.7 Å². The molecule has 0 unspecified atom stereocenters. The highest BCUT2D eigenvalue weighted by Crippen LogP contribution is 2.32. The summed E-state index contributed by atoms with van der Waals surface area (Å²) < 4.78 is 65.5. The van der Waals surface area contributed by atoms with E-state index < -0.39 is 20.0 Å². The predicted octanol–water partition coefficient (Wildman–Crippen LogP) is 2.60. The van der Waals surface area contributed by atoms with E-state index in [4.69, 9.17) is 9.47 Å². The summed E-state index contributed by atoms with van der Waals surface area (Å²) in [5, 5.41) is 2.91. The fraction of sp³-hybridized carbons (Fsp3) is 0.500. The average molecular weight is 566 g/mol. The molecule has 0 aliphatic carbocycles. The lowest BCUT2D eigenvalue weighted by Crippen LogP contribution is -2.42. The Morgan fingerprint density at radius 3 is 2.08 bits per heavy atom. The van der Waals surface area contributed by atoms with Crippen LogP contribution in [0.4, 0.5) is 0 Å². The number of nitrogens with one attached hydrogen (secondary N) is 1. The molecule has 0 aromatic heterocycles. The van der Waals surface area contributed by atoms with Crippen LogP contribution in [0.25, 0.3) is 0 Å². The standard InChI is InChI=1S/C26H35N3O7S2/c1-35-22-8-11-24(36-2)25(18-22)38(33,34)29-16-12-21(13-17-29)26(30)27-19-20-6-9-23(10-7-20)37(31,32)28-14-4-3-5-15-28/h6-11,18,21H,3-5,12-17,19H2,1-2H3,(H,27,30). The molecule has 0 bridgehead atoms. The lowest BCUT2D eigenvalue weighted by Gasteiger charge is -2.31. The number of ether oxygens (including phenoxy) is 2. The van der Waals surface area contributed by atoms with Crippen LogP contribution in [0.15, 0.2) is 52.3 Å². The highest BCUT2D eigenvalue weighted by atomic mass is 32.2. The first-order valence-corrected chi connectivity index (χ1v) is 15.6. The summed E-state index contributed by atoms with van der Waals surface area (Å²) in [7, 11) is -4.44. The molecule has 2 fully saturated rings. The quantitative estimate of drug-likeness (QED) is 0.496. The predicted molar refractivity (Wildman–Crippen MR) is 142 cm³/mol. The molecule has 0 atom stereocenters. The van der Waals surface area contributed by atoms with Crippen molar-refractivity contribution >= 4 is 26.0 Å². The molecule has 1 N–H and O–H groups in total. The van der Waals surface area contributed by atoms with E-state index in [0.717, 1.165) is 24.8 Å². The third-order valence-electron chi connectivity index (χ3n) is 7.16. The Bertz CT molecular complexity index is 1330. The van der Waals surface area contributed by atoms with Crippen LogP contribution in [0, 0.1) is 5.92 Å². The summed E-state index contributed by atoms with van der Waals surface area (Å²) >= 11 is 0. The zero-order valence-corrected chi connectivity index (χ0v) is 23.4. The summed E-state index contributed by atoms with van der Waals surface area (Å²) in [6, 6.07) is 11.2. The van der Waals surface area contributed by atoms with Crippen LogP contribution in [-0.2, 0) is 31.4 Å². The minimum absolute atomic E-state index is 0.0352. The van der Waals surface area contributed by atoms with E-state index in [1.165, 1.54) is 28.9 Å².